The number of rotatable bonds is 4. The number of nitrogens with one attached hydrogen (secondary N) is 1. The Balaban J connectivity index is 1.92. The normalized spacial score (nSPS) is 10.7. The van der Waals surface area contributed by atoms with Crippen molar-refractivity contribution in [2.24, 2.45) is 0 Å². The third-order valence-electron chi connectivity index (χ3n) is 2.74. The van der Waals surface area contributed by atoms with E-state index in [2.05, 4.69) is 48.0 Å². The minimum absolute atomic E-state index is 0.944. The van der Waals surface area contributed by atoms with Crippen LogP contribution in [0.15, 0.2) is 17.6 Å². The van der Waals surface area contributed by atoms with Crippen LogP contribution in [0.1, 0.15) is 22.0 Å². The topological polar surface area (TPSA) is 29.9 Å². The van der Waals surface area contributed by atoms with Gasteiger partial charge in [-0.05, 0) is 32.9 Å². The lowest BCUT2D eigenvalue weighted by Crippen LogP contribution is -2.19. The van der Waals surface area contributed by atoms with Crippen LogP contribution in [0, 0.1) is 20.8 Å². The minimum atomic E-state index is 0.944. The Bertz CT molecular complexity index is 451. The number of aryl methyl sites for hydroxylation is 3. The molecule has 3 nitrogen and oxygen atoms in total. The highest BCUT2D eigenvalue weighted by molar-refractivity contribution is 7.09. The number of nitrogens with zero attached hydrogens (tertiary/aromatic N) is 2. The Morgan fingerprint density at radius 1 is 1.25 bits per heavy atom. The summed E-state index contributed by atoms with van der Waals surface area (Å²) in [5, 5.41) is 0. The molecule has 0 amide bonds. The fourth-order valence-corrected chi connectivity index (χ4v) is 2.55. The molecule has 0 spiro atoms. The summed E-state index contributed by atoms with van der Waals surface area (Å²) in [6, 6.07) is 4.25. The molecule has 86 valence electrons. The maximum atomic E-state index is 4.25. The molecule has 0 saturated heterocycles. The van der Waals surface area contributed by atoms with Gasteiger partial charge >= 0.3 is 0 Å². The first-order chi connectivity index (χ1) is 7.68. The maximum Gasteiger partial charge on any atom is 0.0797 e. The van der Waals surface area contributed by atoms with E-state index in [0.717, 1.165) is 18.7 Å². The van der Waals surface area contributed by atoms with E-state index < -0.39 is 0 Å². The fraction of sp³-hybridized carbons (Fsp3) is 0.417. The van der Waals surface area contributed by atoms with Gasteiger partial charge in [0.15, 0.2) is 0 Å². The third kappa shape index (κ3) is 2.27. The second-order valence-corrected chi connectivity index (χ2v) is 4.91. The van der Waals surface area contributed by atoms with E-state index in [4.69, 9.17) is 0 Å². The molecule has 0 fully saturated rings. The molecule has 0 radical (unpaired) electrons. The molecule has 16 heavy (non-hydrogen) atoms. The molecule has 0 saturated carbocycles. The lowest BCUT2D eigenvalue weighted by Gasteiger charge is -2.12. The standard InChI is InChI=1S/C12H17N3S/c1-9-4-5-10(2)15(9)14-7-6-12-11(3)13-8-16-12/h4-5,8,14H,6-7H2,1-3H3. The molecule has 0 aromatic carbocycles. The van der Waals surface area contributed by atoms with Crippen LogP contribution in [-0.2, 0) is 6.42 Å². The quantitative estimate of drug-likeness (QED) is 0.883. The summed E-state index contributed by atoms with van der Waals surface area (Å²) < 4.78 is 2.14. The minimum Gasteiger partial charge on any atom is -0.326 e. The summed E-state index contributed by atoms with van der Waals surface area (Å²) in [5.74, 6) is 0. The zero-order chi connectivity index (χ0) is 11.5. The first-order valence-corrected chi connectivity index (χ1v) is 6.34. The highest BCUT2D eigenvalue weighted by atomic mass is 32.1. The van der Waals surface area contributed by atoms with Crippen LogP contribution >= 0.6 is 11.3 Å². The molecule has 2 aromatic rings. The lowest BCUT2D eigenvalue weighted by atomic mass is 10.3. The molecule has 0 aliphatic rings. The van der Waals surface area contributed by atoms with Crippen molar-refractivity contribution in [1.82, 2.24) is 9.66 Å². The summed E-state index contributed by atoms with van der Waals surface area (Å²) >= 11 is 1.73. The first kappa shape index (κ1) is 11.2. The van der Waals surface area contributed by atoms with Crippen LogP contribution in [0.2, 0.25) is 0 Å². The van der Waals surface area contributed by atoms with E-state index in [1.165, 1.54) is 16.3 Å². The maximum absolute atomic E-state index is 4.25. The zero-order valence-electron chi connectivity index (χ0n) is 9.95. The number of hydrogen-bond acceptors (Lipinski definition) is 3. The van der Waals surface area contributed by atoms with Crippen LogP contribution in [-0.4, -0.2) is 16.2 Å². The highest BCUT2D eigenvalue weighted by Crippen LogP contribution is 2.12. The van der Waals surface area contributed by atoms with Gasteiger partial charge in [0.25, 0.3) is 0 Å². The van der Waals surface area contributed by atoms with E-state index in [1.54, 1.807) is 11.3 Å². The van der Waals surface area contributed by atoms with Gasteiger partial charge in [0.1, 0.15) is 0 Å². The molecule has 0 aliphatic carbocycles. The highest BCUT2D eigenvalue weighted by Gasteiger charge is 2.02. The Morgan fingerprint density at radius 2 is 1.94 bits per heavy atom. The predicted octanol–water partition coefficient (Wildman–Crippen LogP) is 2.66. The average Bonchev–Trinajstić information content (AvgIpc) is 2.79. The molecule has 2 aromatic heterocycles. The van der Waals surface area contributed by atoms with Gasteiger partial charge in [-0.15, -0.1) is 11.3 Å². The van der Waals surface area contributed by atoms with E-state index in [0.29, 0.717) is 0 Å². The van der Waals surface area contributed by atoms with Crippen LogP contribution < -0.4 is 5.43 Å². The van der Waals surface area contributed by atoms with E-state index in [1.807, 2.05) is 5.51 Å². The number of thiazole rings is 1. The van der Waals surface area contributed by atoms with E-state index in [-0.39, 0.29) is 0 Å². The summed E-state index contributed by atoms with van der Waals surface area (Å²) in [6.45, 7) is 7.23. The van der Waals surface area contributed by atoms with Gasteiger partial charge in [-0.25, -0.2) is 4.98 Å². The molecular weight excluding hydrogens is 218 g/mol. The van der Waals surface area contributed by atoms with Crippen LogP contribution in [0.4, 0.5) is 0 Å². The van der Waals surface area contributed by atoms with E-state index >= 15 is 0 Å². The van der Waals surface area contributed by atoms with Gasteiger partial charge in [0.05, 0.1) is 11.2 Å². The Morgan fingerprint density at radius 3 is 2.50 bits per heavy atom. The van der Waals surface area contributed by atoms with Crippen LogP contribution in [0.3, 0.4) is 0 Å². The number of aromatic nitrogens is 2. The molecule has 0 bridgehead atoms. The summed E-state index contributed by atoms with van der Waals surface area (Å²) in [6.07, 6.45) is 1.04. The van der Waals surface area contributed by atoms with Crippen molar-refractivity contribution in [3.8, 4) is 0 Å². The van der Waals surface area contributed by atoms with Crippen molar-refractivity contribution < 1.29 is 0 Å². The van der Waals surface area contributed by atoms with Gasteiger partial charge in [0, 0.05) is 29.2 Å². The molecule has 4 heteroatoms. The first-order valence-electron chi connectivity index (χ1n) is 5.46. The summed E-state index contributed by atoms with van der Waals surface area (Å²) in [5.41, 5.74) is 8.99. The molecule has 2 rings (SSSR count). The fourth-order valence-electron chi connectivity index (χ4n) is 1.77. The molecule has 1 N–H and O–H groups in total. The van der Waals surface area contributed by atoms with Gasteiger partial charge < -0.3 is 5.43 Å². The Hall–Kier alpha value is -1.29. The van der Waals surface area contributed by atoms with Crippen LogP contribution in [0.25, 0.3) is 0 Å². The Labute approximate surface area is 100 Å². The second-order valence-electron chi connectivity index (χ2n) is 3.97. The Kier molecular flexibility index (Phi) is 3.29. The van der Waals surface area contributed by atoms with Gasteiger partial charge in [-0.3, -0.25) is 4.68 Å². The molecule has 0 unspecified atom stereocenters. The van der Waals surface area contributed by atoms with Crippen molar-refractivity contribution >= 4 is 11.3 Å². The molecule has 0 aliphatic heterocycles. The predicted molar refractivity (Wildman–Crippen MR) is 68.7 cm³/mol. The lowest BCUT2D eigenvalue weighted by molar-refractivity contribution is 0.783. The third-order valence-corrected chi connectivity index (χ3v) is 3.73. The largest absolute Gasteiger partial charge is 0.326 e. The zero-order valence-corrected chi connectivity index (χ0v) is 10.8. The average molecular weight is 235 g/mol. The summed E-state index contributed by atoms with van der Waals surface area (Å²) in [4.78, 5) is 5.62. The van der Waals surface area contributed by atoms with Crippen molar-refractivity contribution in [1.29, 1.82) is 0 Å². The van der Waals surface area contributed by atoms with Crippen molar-refractivity contribution in [2.45, 2.75) is 27.2 Å². The summed E-state index contributed by atoms with van der Waals surface area (Å²) in [7, 11) is 0. The smallest absolute Gasteiger partial charge is 0.0797 e. The van der Waals surface area contributed by atoms with Crippen LogP contribution in [0.5, 0.6) is 0 Å². The monoisotopic (exact) mass is 235 g/mol. The van der Waals surface area contributed by atoms with Gasteiger partial charge in [0.2, 0.25) is 0 Å². The van der Waals surface area contributed by atoms with Gasteiger partial charge in [-0.1, -0.05) is 0 Å². The van der Waals surface area contributed by atoms with E-state index in [9.17, 15) is 0 Å². The molecule has 0 atom stereocenters. The van der Waals surface area contributed by atoms with Crippen molar-refractivity contribution in [2.75, 3.05) is 12.0 Å². The van der Waals surface area contributed by atoms with Gasteiger partial charge in [-0.2, -0.15) is 0 Å². The number of hydrogen-bond donors (Lipinski definition) is 1. The van der Waals surface area contributed by atoms with Crippen molar-refractivity contribution in [3.63, 3.8) is 0 Å². The van der Waals surface area contributed by atoms with Crippen molar-refractivity contribution in [3.05, 3.63) is 39.6 Å². The SMILES string of the molecule is Cc1ncsc1CCNn1c(C)ccc1C. The molecular formula is C12H17N3S. The second kappa shape index (κ2) is 4.70. The molecule has 2 heterocycles.